The van der Waals surface area contributed by atoms with Gasteiger partial charge < -0.3 is 9.64 Å². The zero-order valence-electron chi connectivity index (χ0n) is 15.2. The van der Waals surface area contributed by atoms with Crippen LogP contribution in [0.3, 0.4) is 0 Å². The molecule has 1 aromatic heterocycles. The molecule has 4 rings (SSSR count). The van der Waals surface area contributed by atoms with Crippen molar-refractivity contribution in [2.75, 3.05) is 26.2 Å². The number of halogens is 1. The molecule has 2 aliphatic heterocycles. The zero-order valence-corrected chi connectivity index (χ0v) is 15.9. The Balaban J connectivity index is 1.36. The number of benzene rings is 1. The van der Waals surface area contributed by atoms with Crippen LogP contribution in [0.5, 0.6) is 5.75 Å². The minimum absolute atomic E-state index is 0.0429. The SMILES string of the molecule is O=C(c1ccn(COc2ccc([N+](=O)[O-])cc2Cl)n1)N1CCN2CCC[C@@H]2C1. The monoisotopic (exact) mass is 405 g/mol. The Hall–Kier alpha value is -2.65. The molecule has 0 spiro atoms. The number of nitro groups is 1. The third-order valence-electron chi connectivity index (χ3n) is 5.21. The van der Waals surface area contributed by atoms with E-state index in [1.165, 1.54) is 29.3 Å². The molecule has 0 saturated carbocycles. The lowest BCUT2D eigenvalue weighted by molar-refractivity contribution is -0.384. The average molecular weight is 406 g/mol. The van der Waals surface area contributed by atoms with Crippen LogP contribution in [0.25, 0.3) is 0 Å². The Labute approximate surface area is 166 Å². The fourth-order valence-electron chi connectivity index (χ4n) is 3.74. The van der Waals surface area contributed by atoms with Crippen molar-refractivity contribution in [3.63, 3.8) is 0 Å². The van der Waals surface area contributed by atoms with Crippen LogP contribution in [-0.2, 0) is 6.73 Å². The number of aromatic nitrogens is 2. The summed E-state index contributed by atoms with van der Waals surface area (Å²) in [7, 11) is 0. The molecule has 3 heterocycles. The smallest absolute Gasteiger partial charge is 0.274 e. The van der Waals surface area contributed by atoms with Gasteiger partial charge in [0.1, 0.15) is 5.75 Å². The molecular formula is C18H20ClN5O4. The molecule has 0 aliphatic carbocycles. The largest absolute Gasteiger partial charge is 0.470 e. The number of non-ortho nitro benzene ring substituents is 1. The fourth-order valence-corrected chi connectivity index (χ4v) is 3.97. The fraction of sp³-hybridized carbons (Fsp3) is 0.444. The van der Waals surface area contributed by atoms with Crippen LogP contribution in [0, 0.1) is 10.1 Å². The molecule has 1 aromatic carbocycles. The van der Waals surface area contributed by atoms with Crippen molar-refractivity contribution < 1.29 is 14.5 Å². The van der Waals surface area contributed by atoms with E-state index in [2.05, 4.69) is 10.00 Å². The molecular weight excluding hydrogens is 386 g/mol. The molecule has 2 saturated heterocycles. The lowest BCUT2D eigenvalue weighted by atomic mass is 10.1. The normalized spacial score (nSPS) is 19.5. The number of carbonyl (C=O) groups excluding carboxylic acids is 1. The lowest BCUT2D eigenvalue weighted by Gasteiger charge is -2.37. The number of piperazine rings is 1. The molecule has 0 N–H and O–H groups in total. The first-order chi connectivity index (χ1) is 13.5. The van der Waals surface area contributed by atoms with Gasteiger partial charge in [-0.1, -0.05) is 11.6 Å². The van der Waals surface area contributed by atoms with E-state index in [-0.39, 0.29) is 23.3 Å². The van der Waals surface area contributed by atoms with Gasteiger partial charge in [-0.3, -0.25) is 19.8 Å². The van der Waals surface area contributed by atoms with Gasteiger partial charge in [0.2, 0.25) is 0 Å². The quantitative estimate of drug-likeness (QED) is 0.560. The van der Waals surface area contributed by atoms with Gasteiger partial charge in [-0.25, -0.2) is 4.68 Å². The summed E-state index contributed by atoms with van der Waals surface area (Å²) in [6, 6.07) is 6.13. The van der Waals surface area contributed by atoms with Gasteiger partial charge in [0.25, 0.3) is 11.6 Å². The van der Waals surface area contributed by atoms with E-state index in [9.17, 15) is 14.9 Å². The van der Waals surface area contributed by atoms with Crippen molar-refractivity contribution in [1.82, 2.24) is 19.6 Å². The van der Waals surface area contributed by atoms with Crippen LogP contribution < -0.4 is 4.74 Å². The minimum Gasteiger partial charge on any atom is -0.470 e. The molecule has 10 heteroatoms. The van der Waals surface area contributed by atoms with Crippen molar-refractivity contribution in [2.45, 2.75) is 25.6 Å². The molecule has 0 radical (unpaired) electrons. The Kier molecular flexibility index (Phi) is 5.19. The molecule has 148 valence electrons. The van der Waals surface area contributed by atoms with E-state index >= 15 is 0 Å². The maximum atomic E-state index is 12.7. The first-order valence-corrected chi connectivity index (χ1v) is 9.52. The van der Waals surface area contributed by atoms with Crippen LogP contribution in [0.4, 0.5) is 5.69 Å². The van der Waals surface area contributed by atoms with Crippen LogP contribution in [0.2, 0.25) is 5.02 Å². The summed E-state index contributed by atoms with van der Waals surface area (Å²) < 4.78 is 7.06. The van der Waals surface area contributed by atoms with Gasteiger partial charge in [-0.2, -0.15) is 5.10 Å². The van der Waals surface area contributed by atoms with Gasteiger partial charge >= 0.3 is 0 Å². The molecule has 0 bridgehead atoms. The highest BCUT2D eigenvalue weighted by Gasteiger charge is 2.33. The minimum atomic E-state index is -0.521. The highest BCUT2D eigenvalue weighted by Crippen LogP contribution is 2.29. The standard InChI is InChI=1S/C18H20ClN5O4/c19-15-10-13(24(26)27)3-4-17(15)28-12-23-7-5-16(20-23)18(25)22-9-8-21-6-1-2-14(21)11-22/h3-5,7,10,14H,1-2,6,8-9,11-12H2/t14-/m1/s1. The zero-order chi connectivity index (χ0) is 19.7. The molecule has 2 aromatic rings. The molecule has 2 aliphatic rings. The highest BCUT2D eigenvalue weighted by atomic mass is 35.5. The predicted molar refractivity (Wildman–Crippen MR) is 101 cm³/mol. The molecule has 1 atom stereocenters. The maximum Gasteiger partial charge on any atom is 0.274 e. The summed E-state index contributed by atoms with van der Waals surface area (Å²) in [6.07, 6.45) is 4.00. The van der Waals surface area contributed by atoms with Crippen molar-refractivity contribution in [3.05, 3.63) is 51.3 Å². The summed E-state index contributed by atoms with van der Waals surface area (Å²) in [5, 5.41) is 15.2. The lowest BCUT2D eigenvalue weighted by Crippen LogP contribution is -2.52. The van der Waals surface area contributed by atoms with E-state index in [4.69, 9.17) is 16.3 Å². The van der Waals surface area contributed by atoms with Gasteiger partial charge in [0, 0.05) is 44.0 Å². The molecule has 0 unspecified atom stereocenters. The summed E-state index contributed by atoms with van der Waals surface area (Å²) >= 11 is 6.02. The Morgan fingerprint density at radius 2 is 2.18 bits per heavy atom. The number of hydrogen-bond acceptors (Lipinski definition) is 6. The number of amides is 1. The number of hydrogen-bond donors (Lipinski definition) is 0. The molecule has 2 fully saturated rings. The first kappa shape index (κ1) is 18.7. The summed E-state index contributed by atoms with van der Waals surface area (Å²) in [5.74, 6) is 0.242. The van der Waals surface area contributed by atoms with Crippen LogP contribution in [-0.4, -0.2) is 62.6 Å². The van der Waals surface area contributed by atoms with E-state index in [1.807, 2.05) is 4.90 Å². The Morgan fingerprint density at radius 1 is 1.32 bits per heavy atom. The van der Waals surface area contributed by atoms with Crippen molar-refractivity contribution in [2.24, 2.45) is 0 Å². The van der Waals surface area contributed by atoms with E-state index in [0.717, 1.165) is 32.6 Å². The summed E-state index contributed by atoms with van der Waals surface area (Å²) in [5.41, 5.74) is 0.275. The average Bonchev–Trinajstić information content (AvgIpc) is 3.35. The number of nitro benzene ring substituents is 1. The van der Waals surface area contributed by atoms with Crippen LogP contribution in [0.1, 0.15) is 23.3 Å². The van der Waals surface area contributed by atoms with E-state index < -0.39 is 4.92 Å². The number of carbonyl (C=O) groups is 1. The molecule has 28 heavy (non-hydrogen) atoms. The number of fused-ring (bicyclic) bond motifs is 1. The van der Waals surface area contributed by atoms with Gasteiger partial charge in [0.15, 0.2) is 12.4 Å². The third kappa shape index (κ3) is 3.81. The second kappa shape index (κ2) is 7.76. The summed E-state index contributed by atoms with van der Waals surface area (Å²) in [4.78, 5) is 27.3. The van der Waals surface area contributed by atoms with Crippen molar-refractivity contribution in [3.8, 4) is 5.75 Å². The van der Waals surface area contributed by atoms with Crippen molar-refractivity contribution >= 4 is 23.2 Å². The predicted octanol–water partition coefficient (Wildman–Crippen LogP) is 2.40. The van der Waals surface area contributed by atoms with Gasteiger partial charge in [0.05, 0.1) is 9.95 Å². The number of nitrogens with zero attached hydrogens (tertiary/aromatic N) is 5. The van der Waals surface area contributed by atoms with Crippen LogP contribution in [0.15, 0.2) is 30.5 Å². The molecule has 1 amide bonds. The maximum absolute atomic E-state index is 12.7. The summed E-state index contributed by atoms with van der Waals surface area (Å²) in [6.45, 7) is 3.56. The second-order valence-electron chi connectivity index (χ2n) is 6.97. The second-order valence-corrected chi connectivity index (χ2v) is 7.38. The number of ether oxygens (including phenoxy) is 1. The Bertz CT molecular complexity index is 902. The Morgan fingerprint density at radius 3 is 2.96 bits per heavy atom. The van der Waals surface area contributed by atoms with E-state index in [1.54, 1.807) is 12.3 Å². The van der Waals surface area contributed by atoms with Gasteiger partial charge in [-0.15, -0.1) is 0 Å². The third-order valence-corrected chi connectivity index (χ3v) is 5.51. The topological polar surface area (TPSA) is 93.7 Å². The van der Waals surface area contributed by atoms with Gasteiger partial charge in [-0.05, 0) is 31.5 Å². The highest BCUT2D eigenvalue weighted by molar-refractivity contribution is 6.32. The number of rotatable bonds is 5. The first-order valence-electron chi connectivity index (χ1n) is 9.15. The van der Waals surface area contributed by atoms with Crippen molar-refractivity contribution in [1.29, 1.82) is 0 Å². The molecule has 9 nitrogen and oxygen atoms in total. The van der Waals surface area contributed by atoms with Crippen LogP contribution >= 0.6 is 11.6 Å². The van der Waals surface area contributed by atoms with E-state index in [0.29, 0.717) is 17.5 Å².